The Morgan fingerprint density at radius 3 is 3.06 bits per heavy atom. The van der Waals surface area contributed by atoms with Gasteiger partial charge in [0.25, 0.3) is 0 Å². The Labute approximate surface area is 109 Å². The van der Waals surface area contributed by atoms with Crippen LogP contribution >= 0.6 is 23.1 Å². The van der Waals surface area contributed by atoms with E-state index in [0.29, 0.717) is 0 Å². The zero-order chi connectivity index (χ0) is 12.1. The molecule has 1 N–H and O–H groups in total. The van der Waals surface area contributed by atoms with Crippen LogP contribution in [0, 0.1) is 10.1 Å². The highest BCUT2D eigenvalue weighted by molar-refractivity contribution is 7.99. The Balaban J connectivity index is 1.71. The molecule has 0 spiro atoms. The SMILES string of the molecule is O=[N+]([O-])c1cc(CNCC2CCCCS2)cs1. The van der Waals surface area contributed by atoms with Crippen LogP contribution < -0.4 is 5.32 Å². The number of hydrogen-bond acceptors (Lipinski definition) is 5. The van der Waals surface area contributed by atoms with Crippen LogP contribution in [-0.4, -0.2) is 22.5 Å². The van der Waals surface area contributed by atoms with E-state index in [4.69, 9.17) is 0 Å². The molecule has 17 heavy (non-hydrogen) atoms. The molecule has 1 saturated heterocycles. The quantitative estimate of drug-likeness (QED) is 0.661. The molecule has 1 unspecified atom stereocenters. The van der Waals surface area contributed by atoms with Crippen molar-refractivity contribution in [3.8, 4) is 0 Å². The first-order valence-corrected chi connectivity index (χ1v) is 7.72. The van der Waals surface area contributed by atoms with E-state index in [1.807, 2.05) is 17.1 Å². The zero-order valence-electron chi connectivity index (χ0n) is 9.55. The zero-order valence-corrected chi connectivity index (χ0v) is 11.2. The summed E-state index contributed by atoms with van der Waals surface area (Å²) in [7, 11) is 0. The van der Waals surface area contributed by atoms with Gasteiger partial charge in [-0.3, -0.25) is 10.1 Å². The van der Waals surface area contributed by atoms with Crippen LogP contribution in [-0.2, 0) is 6.54 Å². The predicted molar refractivity (Wildman–Crippen MR) is 72.8 cm³/mol. The average Bonchev–Trinajstić information content (AvgIpc) is 2.79. The van der Waals surface area contributed by atoms with Crippen molar-refractivity contribution in [3.05, 3.63) is 27.1 Å². The molecule has 0 bridgehead atoms. The Morgan fingerprint density at radius 1 is 1.53 bits per heavy atom. The number of nitro groups is 1. The number of nitrogens with zero attached hydrogens (tertiary/aromatic N) is 1. The van der Waals surface area contributed by atoms with E-state index < -0.39 is 0 Å². The highest BCUT2D eigenvalue weighted by Gasteiger charge is 2.14. The van der Waals surface area contributed by atoms with Crippen molar-refractivity contribution in [1.29, 1.82) is 0 Å². The summed E-state index contributed by atoms with van der Waals surface area (Å²) < 4.78 is 0. The van der Waals surface area contributed by atoms with E-state index in [1.54, 1.807) is 6.07 Å². The van der Waals surface area contributed by atoms with Crippen molar-refractivity contribution in [1.82, 2.24) is 5.32 Å². The molecule has 2 heterocycles. The summed E-state index contributed by atoms with van der Waals surface area (Å²) in [6.07, 6.45) is 3.97. The third-order valence-electron chi connectivity index (χ3n) is 2.79. The minimum atomic E-state index is -0.328. The molecule has 0 radical (unpaired) electrons. The van der Waals surface area contributed by atoms with E-state index in [1.165, 1.54) is 36.4 Å². The van der Waals surface area contributed by atoms with Crippen molar-refractivity contribution >= 4 is 28.1 Å². The van der Waals surface area contributed by atoms with Gasteiger partial charge in [0.2, 0.25) is 0 Å². The molecule has 1 aromatic rings. The molecule has 1 aliphatic heterocycles. The monoisotopic (exact) mass is 272 g/mol. The van der Waals surface area contributed by atoms with Gasteiger partial charge < -0.3 is 5.32 Å². The lowest BCUT2D eigenvalue weighted by atomic mass is 10.2. The summed E-state index contributed by atoms with van der Waals surface area (Å²) in [5, 5.41) is 16.7. The summed E-state index contributed by atoms with van der Waals surface area (Å²) in [6, 6.07) is 1.66. The molecule has 1 atom stereocenters. The van der Waals surface area contributed by atoms with Crippen molar-refractivity contribution in [2.24, 2.45) is 0 Å². The van der Waals surface area contributed by atoms with Crippen LogP contribution in [0.15, 0.2) is 11.4 Å². The maximum absolute atomic E-state index is 10.5. The maximum Gasteiger partial charge on any atom is 0.324 e. The fourth-order valence-corrected chi connectivity index (χ4v) is 3.90. The molecule has 0 aromatic carbocycles. The number of thioether (sulfide) groups is 1. The van der Waals surface area contributed by atoms with Gasteiger partial charge in [-0.05, 0) is 24.2 Å². The van der Waals surface area contributed by atoms with Gasteiger partial charge in [0.15, 0.2) is 0 Å². The van der Waals surface area contributed by atoms with Crippen molar-refractivity contribution in [2.45, 2.75) is 31.1 Å². The first kappa shape index (κ1) is 12.9. The lowest BCUT2D eigenvalue weighted by Gasteiger charge is -2.21. The van der Waals surface area contributed by atoms with Crippen LogP contribution in [0.4, 0.5) is 5.00 Å². The highest BCUT2D eigenvalue weighted by atomic mass is 32.2. The molecular weight excluding hydrogens is 256 g/mol. The summed E-state index contributed by atoms with van der Waals surface area (Å²) in [4.78, 5) is 10.2. The Morgan fingerprint density at radius 2 is 2.41 bits per heavy atom. The van der Waals surface area contributed by atoms with E-state index in [2.05, 4.69) is 5.32 Å². The second-order valence-corrected chi connectivity index (χ2v) is 6.47. The van der Waals surface area contributed by atoms with Gasteiger partial charge >= 0.3 is 5.00 Å². The average molecular weight is 272 g/mol. The van der Waals surface area contributed by atoms with Crippen LogP contribution in [0.1, 0.15) is 24.8 Å². The van der Waals surface area contributed by atoms with Gasteiger partial charge in [0, 0.05) is 29.8 Å². The largest absolute Gasteiger partial charge is 0.324 e. The van der Waals surface area contributed by atoms with Crippen LogP contribution in [0.25, 0.3) is 0 Å². The number of hydrogen-bond donors (Lipinski definition) is 1. The molecule has 2 rings (SSSR count). The molecule has 0 amide bonds. The third-order valence-corrected chi connectivity index (χ3v) is 5.12. The number of nitrogens with one attached hydrogen (secondary N) is 1. The summed E-state index contributed by atoms with van der Waals surface area (Å²) in [5.74, 6) is 1.27. The summed E-state index contributed by atoms with van der Waals surface area (Å²) in [6.45, 7) is 1.75. The van der Waals surface area contributed by atoms with Crippen LogP contribution in [0.3, 0.4) is 0 Å². The molecule has 0 aliphatic carbocycles. The first-order chi connectivity index (χ1) is 8.25. The maximum atomic E-state index is 10.5. The Kier molecular flexibility index (Phi) is 4.82. The fraction of sp³-hybridized carbons (Fsp3) is 0.636. The van der Waals surface area contributed by atoms with Crippen LogP contribution in [0.5, 0.6) is 0 Å². The van der Waals surface area contributed by atoms with Gasteiger partial charge in [0.1, 0.15) is 0 Å². The topological polar surface area (TPSA) is 55.2 Å². The van der Waals surface area contributed by atoms with Crippen LogP contribution in [0.2, 0.25) is 0 Å². The minimum absolute atomic E-state index is 0.230. The Bertz CT molecular complexity index is 375. The normalized spacial score (nSPS) is 20.4. The summed E-state index contributed by atoms with van der Waals surface area (Å²) in [5.41, 5.74) is 1.02. The van der Waals surface area contributed by atoms with E-state index in [0.717, 1.165) is 23.9 Å². The molecule has 94 valence electrons. The smallest absolute Gasteiger partial charge is 0.312 e. The lowest BCUT2D eigenvalue weighted by molar-refractivity contribution is -0.380. The second kappa shape index (κ2) is 6.37. The molecule has 0 saturated carbocycles. The van der Waals surface area contributed by atoms with Gasteiger partial charge in [-0.2, -0.15) is 11.8 Å². The molecule has 1 fully saturated rings. The molecule has 6 heteroatoms. The van der Waals surface area contributed by atoms with E-state index >= 15 is 0 Å². The number of rotatable bonds is 5. The van der Waals surface area contributed by atoms with E-state index in [-0.39, 0.29) is 9.92 Å². The van der Waals surface area contributed by atoms with Crippen molar-refractivity contribution in [2.75, 3.05) is 12.3 Å². The number of thiophene rings is 1. The third kappa shape index (κ3) is 3.97. The Hall–Kier alpha value is -0.590. The lowest BCUT2D eigenvalue weighted by Crippen LogP contribution is -2.26. The molecule has 1 aromatic heterocycles. The van der Waals surface area contributed by atoms with Crippen molar-refractivity contribution < 1.29 is 4.92 Å². The molecule has 1 aliphatic rings. The second-order valence-electron chi connectivity index (χ2n) is 4.17. The van der Waals surface area contributed by atoms with Gasteiger partial charge in [-0.25, -0.2) is 0 Å². The summed E-state index contributed by atoms with van der Waals surface area (Å²) >= 11 is 3.24. The standard InChI is InChI=1S/C11H16N2O2S2/c14-13(15)11-5-9(8-17-11)6-12-7-10-3-1-2-4-16-10/h5,8,10,12H,1-4,6-7H2. The van der Waals surface area contributed by atoms with E-state index in [9.17, 15) is 10.1 Å². The van der Waals surface area contributed by atoms with Gasteiger partial charge in [0.05, 0.1) is 4.92 Å². The predicted octanol–water partition coefficient (Wildman–Crippen LogP) is 3.03. The molecule has 4 nitrogen and oxygen atoms in total. The van der Waals surface area contributed by atoms with Gasteiger partial charge in [-0.1, -0.05) is 17.8 Å². The minimum Gasteiger partial charge on any atom is -0.312 e. The first-order valence-electron chi connectivity index (χ1n) is 5.80. The molecular formula is C11H16N2O2S2. The highest BCUT2D eigenvalue weighted by Crippen LogP contribution is 2.25. The van der Waals surface area contributed by atoms with Crippen molar-refractivity contribution in [3.63, 3.8) is 0 Å². The fourth-order valence-electron chi connectivity index (χ4n) is 1.90. The van der Waals surface area contributed by atoms with Gasteiger partial charge in [-0.15, -0.1) is 0 Å².